The maximum Gasteiger partial charge on any atom is 0.225 e. The summed E-state index contributed by atoms with van der Waals surface area (Å²) in [7, 11) is 0. The van der Waals surface area contributed by atoms with E-state index in [1.165, 1.54) is 19.4 Å². The van der Waals surface area contributed by atoms with Gasteiger partial charge in [0.05, 0.1) is 0 Å². The second-order valence-electron chi connectivity index (χ2n) is 11.0. The number of carbonyl (C=O) groups excluding carboxylic acids is 2. The molecule has 1 saturated heterocycles. The molecule has 0 aromatic carbocycles. The fourth-order valence-corrected chi connectivity index (χ4v) is 3.27. The summed E-state index contributed by atoms with van der Waals surface area (Å²) < 4.78 is 0. The minimum Gasteiger partial charge on any atom is -0.352 e. The van der Waals surface area contributed by atoms with Gasteiger partial charge >= 0.3 is 0 Å². The molecule has 1 fully saturated rings. The van der Waals surface area contributed by atoms with Crippen LogP contribution < -0.4 is 16.0 Å². The predicted molar refractivity (Wildman–Crippen MR) is 137 cm³/mol. The first-order chi connectivity index (χ1) is 14.8. The Balaban J connectivity index is 0.000000601. The molecule has 1 rings (SSSR count). The minimum absolute atomic E-state index is 0.116. The maximum atomic E-state index is 11.9. The van der Waals surface area contributed by atoms with Gasteiger partial charge in [0, 0.05) is 36.0 Å². The lowest BCUT2D eigenvalue weighted by molar-refractivity contribution is -0.130. The summed E-state index contributed by atoms with van der Waals surface area (Å²) in [6, 6.07) is 0.573. The fourth-order valence-electron chi connectivity index (χ4n) is 3.27. The Kier molecular flexibility index (Phi) is 14.8. The molecule has 0 aliphatic carbocycles. The maximum absolute atomic E-state index is 11.9. The number of rotatable bonds is 10. The van der Waals surface area contributed by atoms with Crippen LogP contribution in [0.1, 0.15) is 87.5 Å². The van der Waals surface area contributed by atoms with Crippen LogP contribution in [0, 0.1) is 10.8 Å². The third-order valence-electron chi connectivity index (χ3n) is 5.49. The highest BCUT2D eigenvalue weighted by atomic mass is 16.2. The highest BCUT2D eigenvalue weighted by Gasteiger charge is 2.26. The summed E-state index contributed by atoms with van der Waals surface area (Å²) in [5.74, 6) is 0.292. The van der Waals surface area contributed by atoms with E-state index in [2.05, 4.69) is 41.3 Å². The third-order valence-corrected chi connectivity index (χ3v) is 5.49. The van der Waals surface area contributed by atoms with Crippen LogP contribution in [0.5, 0.6) is 0 Å². The third kappa shape index (κ3) is 13.9. The molecule has 6 heteroatoms. The summed E-state index contributed by atoms with van der Waals surface area (Å²) >= 11 is 0. The molecule has 3 N–H and O–H groups in total. The molecule has 1 aliphatic rings. The van der Waals surface area contributed by atoms with Gasteiger partial charge in [-0.05, 0) is 51.7 Å². The van der Waals surface area contributed by atoms with Crippen LogP contribution in [0.25, 0.3) is 0 Å². The van der Waals surface area contributed by atoms with Crippen molar-refractivity contribution >= 4 is 11.8 Å². The van der Waals surface area contributed by atoms with Crippen molar-refractivity contribution in [2.24, 2.45) is 10.8 Å². The van der Waals surface area contributed by atoms with Crippen LogP contribution in [0.15, 0.2) is 12.7 Å². The first-order valence-corrected chi connectivity index (χ1v) is 12.5. The van der Waals surface area contributed by atoms with Crippen molar-refractivity contribution in [2.75, 3.05) is 32.7 Å². The Morgan fingerprint density at radius 2 is 1.72 bits per heavy atom. The van der Waals surface area contributed by atoms with Crippen molar-refractivity contribution in [3.63, 3.8) is 0 Å². The van der Waals surface area contributed by atoms with Crippen molar-refractivity contribution in [1.82, 2.24) is 20.9 Å². The summed E-state index contributed by atoms with van der Waals surface area (Å²) in [6.45, 7) is 24.8. The minimum atomic E-state index is -0.311. The quantitative estimate of drug-likeness (QED) is 0.344. The average Bonchev–Trinajstić information content (AvgIpc) is 2.69. The fraction of sp³-hybridized carbons (Fsp3) is 0.846. The van der Waals surface area contributed by atoms with Gasteiger partial charge in [-0.25, -0.2) is 0 Å². The monoisotopic (exact) mass is 452 g/mol. The van der Waals surface area contributed by atoms with Gasteiger partial charge in [0.2, 0.25) is 11.8 Å². The molecular formula is C26H52N4O2. The predicted octanol–water partition coefficient (Wildman–Crippen LogP) is 4.12. The first kappa shape index (κ1) is 30.6. The van der Waals surface area contributed by atoms with Gasteiger partial charge in [0.1, 0.15) is 0 Å². The zero-order chi connectivity index (χ0) is 24.8. The number of amides is 2. The lowest BCUT2D eigenvalue weighted by atomic mass is 9.94. The summed E-state index contributed by atoms with van der Waals surface area (Å²) in [5.41, 5.74) is -0.582. The van der Waals surface area contributed by atoms with Crippen molar-refractivity contribution in [1.29, 1.82) is 0 Å². The molecule has 188 valence electrons. The molecule has 0 saturated carbocycles. The molecule has 0 radical (unpaired) electrons. The lowest BCUT2D eigenvalue weighted by Crippen LogP contribution is -2.50. The molecule has 2 amide bonds. The van der Waals surface area contributed by atoms with E-state index in [0.717, 1.165) is 45.4 Å². The molecular weight excluding hydrogens is 400 g/mol. The van der Waals surface area contributed by atoms with Gasteiger partial charge in [-0.15, -0.1) is 6.58 Å². The second kappa shape index (κ2) is 15.4. The Labute approximate surface area is 198 Å². The Bertz CT molecular complexity index is 547. The highest BCUT2D eigenvalue weighted by molar-refractivity contribution is 5.82. The summed E-state index contributed by atoms with van der Waals surface area (Å²) in [4.78, 5) is 26.1. The van der Waals surface area contributed by atoms with Gasteiger partial charge in [0.25, 0.3) is 0 Å². The van der Waals surface area contributed by atoms with Crippen molar-refractivity contribution in [2.45, 2.75) is 99.6 Å². The topological polar surface area (TPSA) is 73.5 Å². The van der Waals surface area contributed by atoms with Gasteiger partial charge in [-0.2, -0.15) is 0 Å². The SMILES string of the molecule is C=CCCNCC(CC)NC(=O)C(C)(C)C.CCCN1CCCC(NC(=O)C(C)(C)C)C1. The number of hydrogen-bond acceptors (Lipinski definition) is 4. The normalized spacial score (nSPS) is 18.2. The molecule has 1 aliphatic heterocycles. The number of hydrogen-bond donors (Lipinski definition) is 3. The smallest absolute Gasteiger partial charge is 0.225 e. The molecule has 0 bridgehead atoms. The molecule has 0 aromatic rings. The number of nitrogens with one attached hydrogen (secondary N) is 3. The zero-order valence-electron chi connectivity index (χ0n) is 22.3. The number of likely N-dealkylation sites (tertiary alicyclic amines) is 1. The van der Waals surface area contributed by atoms with Crippen LogP contribution >= 0.6 is 0 Å². The van der Waals surface area contributed by atoms with Crippen molar-refractivity contribution in [3.05, 3.63) is 12.7 Å². The Hall–Kier alpha value is -1.40. The van der Waals surface area contributed by atoms with Gasteiger partial charge in [0.15, 0.2) is 0 Å². The van der Waals surface area contributed by atoms with Gasteiger partial charge in [-0.1, -0.05) is 61.5 Å². The Morgan fingerprint density at radius 1 is 1.09 bits per heavy atom. The van der Waals surface area contributed by atoms with Gasteiger partial charge in [-0.3, -0.25) is 9.59 Å². The van der Waals surface area contributed by atoms with Crippen LogP contribution in [0.2, 0.25) is 0 Å². The average molecular weight is 453 g/mol. The molecule has 2 atom stereocenters. The second-order valence-corrected chi connectivity index (χ2v) is 11.0. The highest BCUT2D eigenvalue weighted by Crippen LogP contribution is 2.16. The van der Waals surface area contributed by atoms with Crippen LogP contribution in [0.4, 0.5) is 0 Å². The van der Waals surface area contributed by atoms with E-state index in [-0.39, 0.29) is 28.7 Å². The molecule has 32 heavy (non-hydrogen) atoms. The summed E-state index contributed by atoms with van der Waals surface area (Å²) in [5, 5.41) is 9.53. The number of carbonyl (C=O) groups is 2. The Morgan fingerprint density at radius 3 is 2.22 bits per heavy atom. The van der Waals surface area contributed by atoms with E-state index in [1.807, 2.05) is 47.6 Å². The molecule has 6 nitrogen and oxygen atoms in total. The standard InChI is InChI=1S/2C13H26N2O/c1-5-8-15-9-6-7-11(10-15)14-12(16)13(2,3)4;1-6-8-9-14-10-11(7-2)15-12(16)13(3,4)5/h11H,5-10H2,1-4H3,(H,14,16);6,11,14H,1,7-10H2,2-5H3,(H,15,16). The van der Waals surface area contributed by atoms with Crippen LogP contribution in [-0.2, 0) is 9.59 Å². The van der Waals surface area contributed by atoms with E-state index in [9.17, 15) is 9.59 Å². The molecule has 2 unspecified atom stereocenters. The van der Waals surface area contributed by atoms with Crippen molar-refractivity contribution in [3.8, 4) is 0 Å². The van der Waals surface area contributed by atoms with Crippen LogP contribution in [-0.4, -0.2) is 61.5 Å². The zero-order valence-corrected chi connectivity index (χ0v) is 22.3. The van der Waals surface area contributed by atoms with Crippen molar-refractivity contribution < 1.29 is 9.59 Å². The van der Waals surface area contributed by atoms with E-state index >= 15 is 0 Å². The van der Waals surface area contributed by atoms with E-state index in [0.29, 0.717) is 6.04 Å². The molecule has 0 aromatic heterocycles. The van der Waals surface area contributed by atoms with Gasteiger partial charge < -0.3 is 20.9 Å². The largest absolute Gasteiger partial charge is 0.352 e. The molecule has 1 heterocycles. The van der Waals surface area contributed by atoms with Crippen LogP contribution in [0.3, 0.4) is 0 Å². The number of piperidine rings is 1. The van der Waals surface area contributed by atoms with E-state index < -0.39 is 0 Å². The molecule has 0 spiro atoms. The number of nitrogens with zero attached hydrogens (tertiary/aromatic N) is 1. The van der Waals surface area contributed by atoms with E-state index in [4.69, 9.17) is 0 Å². The summed E-state index contributed by atoms with van der Waals surface area (Å²) in [6.07, 6.45) is 7.32. The van der Waals surface area contributed by atoms with E-state index in [1.54, 1.807) is 0 Å². The lowest BCUT2D eigenvalue weighted by Gasteiger charge is -2.34. The first-order valence-electron chi connectivity index (χ1n) is 12.5.